The average Bonchev–Trinajstić information content (AvgIpc) is 2.49. The van der Waals surface area contributed by atoms with Crippen molar-refractivity contribution in [2.75, 3.05) is 6.61 Å². The lowest BCUT2D eigenvalue weighted by molar-refractivity contribution is 0.300. The van der Waals surface area contributed by atoms with Crippen molar-refractivity contribution in [3.63, 3.8) is 0 Å². The number of hydrogen-bond donors (Lipinski definition) is 2. The maximum Gasteiger partial charge on any atom is 0.108 e. The predicted octanol–water partition coefficient (Wildman–Crippen LogP) is 1.86. The van der Waals surface area contributed by atoms with Crippen LogP contribution >= 0.6 is 15.9 Å². The van der Waals surface area contributed by atoms with Gasteiger partial charge in [0.2, 0.25) is 0 Å². The highest BCUT2D eigenvalue weighted by Crippen LogP contribution is 2.20. The van der Waals surface area contributed by atoms with Gasteiger partial charge in [0.1, 0.15) is 4.60 Å². The molecule has 2 aromatic rings. The van der Waals surface area contributed by atoms with Crippen molar-refractivity contribution in [1.29, 1.82) is 0 Å². The summed E-state index contributed by atoms with van der Waals surface area (Å²) in [4.78, 5) is 7.27. The van der Waals surface area contributed by atoms with Crippen molar-refractivity contribution in [2.45, 2.75) is 6.42 Å². The molecule has 0 saturated carbocycles. The van der Waals surface area contributed by atoms with E-state index in [2.05, 4.69) is 25.9 Å². The van der Waals surface area contributed by atoms with Gasteiger partial charge in [0, 0.05) is 29.9 Å². The van der Waals surface area contributed by atoms with Crippen LogP contribution in [0.5, 0.6) is 0 Å². The van der Waals surface area contributed by atoms with Gasteiger partial charge in [0.05, 0.1) is 0 Å². The molecule has 2 aromatic heterocycles. The molecule has 0 fully saturated rings. The van der Waals surface area contributed by atoms with Crippen LogP contribution in [0.1, 0.15) is 5.56 Å². The van der Waals surface area contributed by atoms with Gasteiger partial charge >= 0.3 is 0 Å². The van der Waals surface area contributed by atoms with Crippen molar-refractivity contribution < 1.29 is 5.11 Å². The molecule has 2 rings (SSSR count). The molecule has 0 unspecified atom stereocenters. The van der Waals surface area contributed by atoms with E-state index in [-0.39, 0.29) is 6.61 Å². The Bertz CT molecular complexity index is 424. The van der Waals surface area contributed by atoms with Crippen LogP contribution in [0.15, 0.2) is 23.1 Å². The number of aliphatic hydroxyl groups excluding tert-OH is 1. The minimum Gasteiger partial charge on any atom is -0.396 e. The van der Waals surface area contributed by atoms with E-state index in [1.165, 1.54) is 0 Å². The van der Waals surface area contributed by atoms with Crippen LogP contribution in [0.3, 0.4) is 0 Å². The topological polar surface area (TPSA) is 48.9 Å². The Balaban J connectivity index is 2.55. The lowest BCUT2D eigenvalue weighted by Gasteiger charge is -1.94. The first-order valence-electron chi connectivity index (χ1n) is 4.03. The zero-order chi connectivity index (χ0) is 9.26. The van der Waals surface area contributed by atoms with Crippen LogP contribution in [0, 0.1) is 0 Å². The molecule has 0 aliphatic carbocycles. The Hall–Kier alpha value is -0.870. The minimum absolute atomic E-state index is 0.170. The zero-order valence-corrected chi connectivity index (χ0v) is 8.50. The molecule has 0 aromatic carbocycles. The molecule has 0 spiro atoms. The third kappa shape index (κ3) is 1.59. The fourth-order valence-corrected chi connectivity index (χ4v) is 1.71. The molecule has 13 heavy (non-hydrogen) atoms. The highest BCUT2D eigenvalue weighted by Gasteiger charge is 2.03. The van der Waals surface area contributed by atoms with Gasteiger partial charge in [-0.25, -0.2) is 4.98 Å². The van der Waals surface area contributed by atoms with E-state index < -0.39 is 0 Å². The van der Waals surface area contributed by atoms with Crippen LogP contribution in [-0.2, 0) is 6.42 Å². The lowest BCUT2D eigenvalue weighted by Crippen LogP contribution is -1.88. The third-order valence-electron chi connectivity index (χ3n) is 2.00. The number of pyridine rings is 1. The summed E-state index contributed by atoms with van der Waals surface area (Å²) in [5.41, 5.74) is 2.16. The van der Waals surface area contributed by atoms with Crippen molar-refractivity contribution >= 4 is 26.8 Å². The lowest BCUT2D eigenvalue weighted by atomic mass is 10.2. The van der Waals surface area contributed by atoms with E-state index in [1.807, 2.05) is 12.3 Å². The van der Waals surface area contributed by atoms with E-state index in [4.69, 9.17) is 5.11 Å². The first-order chi connectivity index (χ1) is 6.31. The molecule has 4 heteroatoms. The van der Waals surface area contributed by atoms with Gasteiger partial charge in [-0.05, 0) is 34.0 Å². The number of halogens is 1. The normalized spacial score (nSPS) is 10.9. The molecular formula is C9H9BrN2O. The molecule has 0 aliphatic rings. The van der Waals surface area contributed by atoms with E-state index in [0.717, 1.165) is 21.1 Å². The number of nitrogens with zero attached hydrogens (tertiary/aromatic N) is 1. The number of rotatable bonds is 2. The van der Waals surface area contributed by atoms with Crippen molar-refractivity contribution in [1.82, 2.24) is 9.97 Å². The molecule has 0 aliphatic heterocycles. The summed E-state index contributed by atoms with van der Waals surface area (Å²) < 4.78 is 0.817. The largest absolute Gasteiger partial charge is 0.396 e. The third-order valence-corrected chi connectivity index (χ3v) is 2.43. The first kappa shape index (κ1) is 8.72. The van der Waals surface area contributed by atoms with E-state index in [9.17, 15) is 0 Å². The summed E-state index contributed by atoms with van der Waals surface area (Å²) in [7, 11) is 0. The SMILES string of the molecule is OCCc1c[nH]c2cc(Br)ncc12. The molecule has 3 nitrogen and oxygen atoms in total. The Labute approximate surface area is 83.9 Å². The second-order valence-electron chi connectivity index (χ2n) is 2.84. The maximum absolute atomic E-state index is 8.81. The molecule has 2 N–H and O–H groups in total. The van der Waals surface area contributed by atoms with E-state index in [1.54, 1.807) is 6.20 Å². The summed E-state index contributed by atoms with van der Waals surface area (Å²) in [5, 5.41) is 9.89. The number of fused-ring (bicyclic) bond motifs is 1. The van der Waals surface area contributed by atoms with Gasteiger partial charge < -0.3 is 10.1 Å². The fourth-order valence-electron chi connectivity index (χ4n) is 1.38. The van der Waals surface area contributed by atoms with Crippen molar-refractivity contribution in [2.24, 2.45) is 0 Å². The van der Waals surface area contributed by atoms with Gasteiger partial charge in [-0.3, -0.25) is 0 Å². The highest BCUT2D eigenvalue weighted by atomic mass is 79.9. The number of hydrogen-bond acceptors (Lipinski definition) is 2. The Kier molecular flexibility index (Phi) is 2.33. The monoisotopic (exact) mass is 240 g/mol. The molecule has 2 heterocycles. The summed E-state index contributed by atoms with van der Waals surface area (Å²) in [5.74, 6) is 0. The quantitative estimate of drug-likeness (QED) is 0.788. The second-order valence-corrected chi connectivity index (χ2v) is 3.65. The van der Waals surface area contributed by atoms with Crippen LogP contribution in [0.4, 0.5) is 0 Å². The first-order valence-corrected chi connectivity index (χ1v) is 4.83. The maximum atomic E-state index is 8.81. The fraction of sp³-hybridized carbons (Fsp3) is 0.222. The molecule has 0 atom stereocenters. The average molecular weight is 241 g/mol. The van der Waals surface area contributed by atoms with Gasteiger partial charge in [0.25, 0.3) is 0 Å². The number of aromatic amines is 1. The van der Waals surface area contributed by atoms with Gasteiger partial charge in [-0.1, -0.05) is 0 Å². The Morgan fingerprint density at radius 3 is 3.15 bits per heavy atom. The minimum atomic E-state index is 0.170. The summed E-state index contributed by atoms with van der Waals surface area (Å²) in [6, 6.07) is 1.93. The number of aliphatic hydroxyl groups is 1. The van der Waals surface area contributed by atoms with E-state index in [0.29, 0.717) is 6.42 Å². The van der Waals surface area contributed by atoms with Gasteiger partial charge in [-0.2, -0.15) is 0 Å². The molecule has 0 saturated heterocycles. The zero-order valence-electron chi connectivity index (χ0n) is 6.92. The van der Waals surface area contributed by atoms with Crippen LogP contribution < -0.4 is 0 Å². The smallest absolute Gasteiger partial charge is 0.108 e. The van der Waals surface area contributed by atoms with Crippen LogP contribution in [0.25, 0.3) is 10.9 Å². The Morgan fingerprint density at radius 1 is 1.54 bits per heavy atom. The molecule has 0 bridgehead atoms. The molecular weight excluding hydrogens is 232 g/mol. The van der Waals surface area contributed by atoms with Gasteiger partial charge in [0.15, 0.2) is 0 Å². The van der Waals surface area contributed by atoms with Crippen molar-refractivity contribution in [3.8, 4) is 0 Å². The standard InChI is InChI=1S/C9H9BrN2O/c10-9-3-8-7(5-12-9)6(1-2-13)4-11-8/h3-5,11,13H,1-2H2. The number of aromatic nitrogens is 2. The summed E-state index contributed by atoms with van der Waals surface area (Å²) in [6.45, 7) is 0.170. The summed E-state index contributed by atoms with van der Waals surface area (Å²) in [6.07, 6.45) is 4.39. The van der Waals surface area contributed by atoms with Crippen LogP contribution in [-0.4, -0.2) is 21.7 Å². The highest BCUT2D eigenvalue weighted by molar-refractivity contribution is 9.10. The number of nitrogens with one attached hydrogen (secondary N) is 1. The van der Waals surface area contributed by atoms with Crippen LogP contribution in [0.2, 0.25) is 0 Å². The van der Waals surface area contributed by atoms with E-state index >= 15 is 0 Å². The molecule has 0 amide bonds. The van der Waals surface area contributed by atoms with Crippen molar-refractivity contribution in [3.05, 3.63) is 28.6 Å². The number of H-pyrrole nitrogens is 1. The summed E-state index contributed by atoms with van der Waals surface area (Å²) >= 11 is 3.30. The van der Waals surface area contributed by atoms with Gasteiger partial charge in [-0.15, -0.1) is 0 Å². The predicted molar refractivity (Wildman–Crippen MR) is 54.6 cm³/mol. The molecule has 0 radical (unpaired) electrons. The Morgan fingerprint density at radius 2 is 2.38 bits per heavy atom. The molecule has 68 valence electrons. The second kappa shape index (κ2) is 3.47.